The molecule has 0 saturated heterocycles. The van der Waals surface area contributed by atoms with Gasteiger partial charge in [0.25, 0.3) is 0 Å². The van der Waals surface area contributed by atoms with Crippen LogP contribution in [0.2, 0.25) is 5.02 Å². The number of hydrogen-bond acceptors (Lipinski definition) is 5. The summed E-state index contributed by atoms with van der Waals surface area (Å²) in [6.07, 6.45) is -0.610. The van der Waals surface area contributed by atoms with Crippen molar-refractivity contribution in [2.75, 3.05) is 12.9 Å². The van der Waals surface area contributed by atoms with Gasteiger partial charge < -0.3 is 9.84 Å². The Bertz CT molecular complexity index is 1120. The van der Waals surface area contributed by atoms with E-state index in [1.807, 2.05) is 83.4 Å². The molecule has 4 aromatic rings. The van der Waals surface area contributed by atoms with E-state index in [4.69, 9.17) is 16.3 Å². The largest absolute Gasteiger partial charge is 0.496 e. The van der Waals surface area contributed by atoms with Crippen molar-refractivity contribution in [1.82, 2.24) is 14.8 Å². The molecular weight excluding hydrogens is 418 g/mol. The minimum Gasteiger partial charge on any atom is -0.496 e. The summed E-state index contributed by atoms with van der Waals surface area (Å²) in [5.74, 6) is 1.81. The third kappa shape index (κ3) is 4.36. The van der Waals surface area contributed by atoms with Crippen molar-refractivity contribution in [1.29, 1.82) is 0 Å². The van der Waals surface area contributed by atoms with Gasteiger partial charge in [0.1, 0.15) is 5.75 Å². The first kappa shape index (κ1) is 20.5. The van der Waals surface area contributed by atoms with Gasteiger partial charge in [-0.05, 0) is 42.0 Å². The molecule has 1 aromatic heterocycles. The summed E-state index contributed by atoms with van der Waals surface area (Å²) < 4.78 is 7.48. The first-order valence-corrected chi connectivity index (χ1v) is 10.7. The van der Waals surface area contributed by atoms with Crippen LogP contribution in [0.4, 0.5) is 0 Å². The molecule has 0 spiro atoms. The summed E-state index contributed by atoms with van der Waals surface area (Å²) in [6, 6.07) is 24.8. The molecule has 3 aromatic carbocycles. The number of halogens is 1. The highest BCUT2D eigenvalue weighted by Crippen LogP contribution is 2.34. The second-order valence-electron chi connectivity index (χ2n) is 6.56. The van der Waals surface area contributed by atoms with E-state index in [2.05, 4.69) is 10.2 Å². The van der Waals surface area contributed by atoms with Crippen LogP contribution < -0.4 is 4.74 Å². The minimum absolute atomic E-state index is 0.446. The van der Waals surface area contributed by atoms with Gasteiger partial charge in [0.05, 0.1) is 18.8 Å². The molecule has 0 aliphatic rings. The first-order chi connectivity index (χ1) is 14.7. The Morgan fingerprint density at radius 2 is 1.67 bits per heavy atom. The Kier molecular flexibility index (Phi) is 6.38. The molecule has 1 N–H and O–H groups in total. The molecule has 4 rings (SSSR count). The summed E-state index contributed by atoms with van der Waals surface area (Å²) in [6.45, 7) is 0. The molecule has 0 bridgehead atoms. The monoisotopic (exact) mass is 437 g/mol. The molecule has 0 amide bonds. The van der Waals surface area contributed by atoms with Gasteiger partial charge in [-0.3, -0.25) is 4.57 Å². The molecule has 0 unspecified atom stereocenters. The van der Waals surface area contributed by atoms with E-state index in [1.54, 1.807) is 7.11 Å². The van der Waals surface area contributed by atoms with Crippen molar-refractivity contribution in [3.63, 3.8) is 0 Å². The number of thioether (sulfide) groups is 1. The number of hydrogen-bond donors (Lipinski definition) is 1. The summed E-state index contributed by atoms with van der Waals surface area (Å²) in [7, 11) is 1.63. The van der Waals surface area contributed by atoms with E-state index >= 15 is 0 Å². The molecule has 30 heavy (non-hydrogen) atoms. The Morgan fingerprint density at radius 3 is 2.40 bits per heavy atom. The average molecular weight is 438 g/mol. The van der Waals surface area contributed by atoms with E-state index in [0.717, 1.165) is 16.8 Å². The van der Waals surface area contributed by atoms with Crippen molar-refractivity contribution >= 4 is 23.4 Å². The second-order valence-corrected chi connectivity index (χ2v) is 7.98. The van der Waals surface area contributed by atoms with Crippen molar-refractivity contribution in [2.24, 2.45) is 0 Å². The zero-order chi connectivity index (χ0) is 20.9. The van der Waals surface area contributed by atoms with Gasteiger partial charge >= 0.3 is 0 Å². The molecule has 0 fully saturated rings. The predicted molar refractivity (Wildman–Crippen MR) is 120 cm³/mol. The number of nitrogens with zero attached hydrogens (tertiary/aromatic N) is 3. The SMILES string of the molecule is COc1ccccc1-c1nnc(SC[C@@H](O)c2ccccc2)n1-c1ccc(Cl)cc1. The molecule has 1 atom stereocenters. The van der Waals surface area contributed by atoms with Gasteiger partial charge in [0.2, 0.25) is 0 Å². The van der Waals surface area contributed by atoms with Gasteiger partial charge in [-0.15, -0.1) is 10.2 Å². The van der Waals surface area contributed by atoms with Crippen LogP contribution in [-0.2, 0) is 0 Å². The second kappa shape index (κ2) is 9.34. The van der Waals surface area contributed by atoms with Crippen LogP contribution in [-0.4, -0.2) is 32.7 Å². The van der Waals surface area contributed by atoms with Crippen LogP contribution in [0, 0.1) is 0 Å². The van der Waals surface area contributed by atoms with Crippen molar-refractivity contribution in [3.05, 3.63) is 89.4 Å². The molecule has 7 heteroatoms. The van der Waals surface area contributed by atoms with Crippen LogP contribution in [0.15, 0.2) is 84.0 Å². The fraction of sp³-hybridized carbons (Fsp3) is 0.130. The highest BCUT2D eigenvalue weighted by Gasteiger charge is 2.20. The molecule has 152 valence electrons. The predicted octanol–water partition coefficient (Wildman–Crippen LogP) is 5.42. The highest BCUT2D eigenvalue weighted by molar-refractivity contribution is 7.99. The van der Waals surface area contributed by atoms with Crippen LogP contribution in [0.3, 0.4) is 0 Å². The maximum atomic E-state index is 10.6. The summed E-state index contributed by atoms with van der Waals surface area (Å²) in [5, 5.41) is 20.7. The van der Waals surface area contributed by atoms with Crippen LogP contribution in [0.5, 0.6) is 5.75 Å². The van der Waals surface area contributed by atoms with Gasteiger partial charge in [-0.2, -0.15) is 0 Å². The third-order valence-electron chi connectivity index (χ3n) is 4.62. The van der Waals surface area contributed by atoms with Crippen molar-refractivity contribution in [3.8, 4) is 22.8 Å². The van der Waals surface area contributed by atoms with Crippen LogP contribution in [0.25, 0.3) is 17.1 Å². The molecule has 0 aliphatic carbocycles. The Hall–Kier alpha value is -2.80. The minimum atomic E-state index is -0.610. The van der Waals surface area contributed by atoms with Crippen molar-refractivity contribution in [2.45, 2.75) is 11.3 Å². The highest BCUT2D eigenvalue weighted by atomic mass is 35.5. The smallest absolute Gasteiger partial charge is 0.196 e. The van der Waals surface area contributed by atoms with Crippen LogP contribution in [0.1, 0.15) is 11.7 Å². The fourth-order valence-electron chi connectivity index (χ4n) is 3.12. The Morgan fingerprint density at radius 1 is 0.967 bits per heavy atom. The van der Waals surface area contributed by atoms with Gasteiger partial charge in [-0.25, -0.2) is 0 Å². The zero-order valence-corrected chi connectivity index (χ0v) is 17.8. The van der Waals surface area contributed by atoms with Crippen molar-refractivity contribution < 1.29 is 9.84 Å². The van der Waals surface area contributed by atoms with E-state index in [0.29, 0.717) is 27.5 Å². The Balaban J connectivity index is 1.72. The maximum Gasteiger partial charge on any atom is 0.196 e. The van der Waals surface area contributed by atoms with E-state index in [9.17, 15) is 5.11 Å². The summed E-state index contributed by atoms with van der Waals surface area (Å²) in [4.78, 5) is 0. The quantitative estimate of drug-likeness (QED) is 0.391. The average Bonchev–Trinajstić information content (AvgIpc) is 3.22. The standard InChI is InChI=1S/C23H20ClN3O2S/c1-29-21-10-6-5-9-19(21)22-25-26-23(27(22)18-13-11-17(24)12-14-18)30-15-20(28)16-7-3-2-4-8-16/h2-14,20,28H,15H2,1H3/t20-/m1/s1. The van der Waals surface area contributed by atoms with E-state index in [1.165, 1.54) is 11.8 Å². The number of para-hydroxylation sites is 1. The van der Waals surface area contributed by atoms with Gasteiger partial charge in [-0.1, -0.05) is 65.8 Å². The number of rotatable bonds is 7. The third-order valence-corrected chi connectivity index (χ3v) is 5.88. The van der Waals surface area contributed by atoms with E-state index in [-0.39, 0.29) is 0 Å². The summed E-state index contributed by atoms with van der Waals surface area (Å²) in [5.41, 5.74) is 2.58. The number of aliphatic hydroxyl groups is 1. The number of ether oxygens (including phenoxy) is 1. The first-order valence-electron chi connectivity index (χ1n) is 9.38. The molecule has 1 heterocycles. The molecular formula is C23H20ClN3O2S. The Labute approximate surface area is 184 Å². The number of aliphatic hydroxyl groups excluding tert-OH is 1. The lowest BCUT2D eigenvalue weighted by atomic mass is 10.1. The number of methoxy groups -OCH3 is 1. The van der Waals surface area contributed by atoms with Gasteiger partial charge in [0.15, 0.2) is 11.0 Å². The topological polar surface area (TPSA) is 60.2 Å². The molecule has 0 saturated carbocycles. The lowest BCUT2D eigenvalue weighted by Crippen LogP contribution is -2.04. The van der Waals surface area contributed by atoms with E-state index < -0.39 is 6.10 Å². The normalized spacial score (nSPS) is 12.0. The number of aromatic nitrogens is 3. The lowest BCUT2D eigenvalue weighted by molar-refractivity contribution is 0.204. The maximum absolute atomic E-state index is 10.6. The zero-order valence-electron chi connectivity index (χ0n) is 16.3. The number of benzene rings is 3. The molecule has 5 nitrogen and oxygen atoms in total. The van der Waals surface area contributed by atoms with Gasteiger partial charge in [0, 0.05) is 16.5 Å². The fourth-order valence-corrected chi connectivity index (χ4v) is 4.16. The summed E-state index contributed by atoms with van der Waals surface area (Å²) >= 11 is 7.53. The lowest BCUT2D eigenvalue weighted by Gasteiger charge is -2.14. The molecule has 0 radical (unpaired) electrons. The van der Waals surface area contributed by atoms with Crippen LogP contribution >= 0.6 is 23.4 Å². The molecule has 0 aliphatic heterocycles.